The van der Waals surface area contributed by atoms with Gasteiger partial charge in [0.15, 0.2) is 0 Å². The maximum Gasteiger partial charge on any atom is 0.129 e. The fourth-order valence-electron chi connectivity index (χ4n) is 2.23. The van der Waals surface area contributed by atoms with Gasteiger partial charge in [-0.25, -0.2) is 4.39 Å². The number of nitriles is 1. The highest BCUT2D eigenvalue weighted by Crippen LogP contribution is 2.30. The molecule has 0 aliphatic heterocycles. The van der Waals surface area contributed by atoms with E-state index in [2.05, 4.69) is 5.32 Å². The molecule has 0 saturated heterocycles. The van der Waals surface area contributed by atoms with E-state index in [1.807, 2.05) is 32.0 Å². The fourth-order valence-corrected chi connectivity index (χ4v) is 2.23. The summed E-state index contributed by atoms with van der Waals surface area (Å²) in [6.45, 7) is 5.48. The highest BCUT2D eigenvalue weighted by atomic mass is 19.1. The molecule has 108 valence electrons. The molecule has 0 aliphatic carbocycles. The number of nitrogens with one attached hydrogen (secondary N) is 1. The average molecular weight is 284 g/mol. The largest absolute Gasteiger partial charge is 0.508 e. The minimum atomic E-state index is -0.419. The normalized spacial score (nSPS) is 11.8. The van der Waals surface area contributed by atoms with Crippen LogP contribution in [-0.4, -0.2) is 5.11 Å². The van der Waals surface area contributed by atoms with Crippen molar-refractivity contribution in [3.8, 4) is 11.8 Å². The van der Waals surface area contributed by atoms with Crippen molar-refractivity contribution in [2.45, 2.75) is 26.8 Å². The van der Waals surface area contributed by atoms with Crippen molar-refractivity contribution in [3.63, 3.8) is 0 Å². The Morgan fingerprint density at radius 3 is 2.62 bits per heavy atom. The SMILES string of the molecule is Cc1ccc(O)c(C(C)Nc2cc(C#N)cc(F)c2C)c1. The number of hydrogen-bond acceptors (Lipinski definition) is 3. The van der Waals surface area contributed by atoms with Gasteiger partial charge in [-0.3, -0.25) is 0 Å². The van der Waals surface area contributed by atoms with Crippen LogP contribution in [0.15, 0.2) is 30.3 Å². The van der Waals surface area contributed by atoms with E-state index in [1.165, 1.54) is 6.07 Å². The van der Waals surface area contributed by atoms with Crippen LogP contribution in [0.5, 0.6) is 5.75 Å². The molecule has 1 unspecified atom stereocenters. The van der Waals surface area contributed by atoms with Crippen LogP contribution in [0.3, 0.4) is 0 Å². The maximum absolute atomic E-state index is 13.8. The Kier molecular flexibility index (Phi) is 4.13. The second kappa shape index (κ2) is 5.84. The van der Waals surface area contributed by atoms with E-state index in [-0.39, 0.29) is 17.4 Å². The molecule has 3 nitrogen and oxygen atoms in total. The van der Waals surface area contributed by atoms with E-state index < -0.39 is 5.82 Å². The lowest BCUT2D eigenvalue weighted by molar-refractivity contribution is 0.465. The molecule has 0 aliphatic rings. The van der Waals surface area contributed by atoms with Crippen molar-refractivity contribution in [1.29, 1.82) is 5.26 Å². The summed E-state index contributed by atoms with van der Waals surface area (Å²) in [6, 6.07) is 9.91. The highest BCUT2D eigenvalue weighted by Gasteiger charge is 2.14. The molecular formula is C17H17FN2O. The van der Waals surface area contributed by atoms with Crippen molar-refractivity contribution in [3.05, 3.63) is 58.4 Å². The van der Waals surface area contributed by atoms with Gasteiger partial charge in [0.2, 0.25) is 0 Å². The van der Waals surface area contributed by atoms with Gasteiger partial charge in [0.1, 0.15) is 11.6 Å². The van der Waals surface area contributed by atoms with Crippen LogP contribution in [0.25, 0.3) is 0 Å². The molecule has 2 aromatic rings. The zero-order chi connectivity index (χ0) is 15.6. The van der Waals surface area contributed by atoms with Crippen molar-refractivity contribution < 1.29 is 9.50 Å². The average Bonchev–Trinajstić information content (AvgIpc) is 2.46. The topological polar surface area (TPSA) is 56.0 Å². The second-order valence-corrected chi connectivity index (χ2v) is 5.17. The summed E-state index contributed by atoms with van der Waals surface area (Å²) in [5.74, 6) is -0.229. The molecule has 0 spiro atoms. The van der Waals surface area contributed by atoms with Crippen molar-refractivity contribution in [1.82, 2.24) is 0 Å². The second-order valence-electron chi connectivity index (χ2n) is 5.17. The zero-order valence-corrected chi connectivity index (χ0v) is 12.2. The van der Waals surface area contributed by atoms with Gasteiger partial charge in [0.05, 0.1) is 17.7 Å². The lowest BCUT2D eigenvalue weighted by Crippen LogP contribution is -2.09. The fraction of sp³-hybridized carbons (Fsp3) is 0.235. The molecule has 0 radical (unpaired) electrons. The van der Waals surface area contributed by atoms with Gasteiger partial charge in [0.25, 0.3) is 0 Å². The standard InChI is InChI=1S/C17H17FN2O/c1-10-4-5-17(21)14(6-10)12(3)20-16-8-13(9-19)7-15(18)11(16)2/h4-8,12,20-21H,1-3H3. The third-order valence-electron chi connectivity index (χ3n) is 3.49. The number of aromatic hydroxyl groups is 1. The van der Waals surface area contributed by atoms with Crippen molar-refractivity contribution >= 4 is 5.69 Å². The van der Waals surface area contributed by atoms with Crippen LogP contribution in [0.2, 0.25) is 0 Å². The predicted molar refractivity (Wildman–Crippen MR) is 80.7 cm³/mol. The molecule has 21 heavy (non-hydrogen) atoms. The zero-order valence-electron chi connectivity index (χ0n) is 12.2. The predicted octanol–water partition coefficient (Wildman–Crippen LogP) is 4.19. The summed E-state index contributed by atoms with van der Waals surface area (Å²) in [7, 11) is 0. The third-order valence-corrected chi connectivity index (χ3v) is 3.49. The Bertz CT molecular complexity index is 719. The van der Waals surface area contributed by atoms with Crippen LogP contribution in [-0.2, 0) is 0 Å². The quantitative estimate of drug-likeness (QED) is 0.888. The number of phenols is 1. The van der Waals surface area contributed by atoms with E-state index in [1.54, 1.807) is 19.1 Å². The molecule has 4 heteroatoms. The summed E-state index contributed by atoms with van der Waals surface area (Å²) >= 11 is 0. The monoisotopic (exact) mass is 284 g/mol. The van der Waals surface area contributed by atoms with Crippen molar-refractivity contribution in [2.24, 2.45) is 0 Å². The Morgan fingerprint density at radius 2 is 1.95 bits per heavy atom. The lowest BCUT2D eigenvalue weighted by Gasteiger charge is -2.19. The smallest absolute Gasteiger partial charge is 0.129 e. The van der Waals surface area contributed by atoms with Gasteiger partial charge in [-0.2, -0.15) is 5.26 Å². The number of anilines is 1. The number of halogens is 1. The number of nitrogens with zero attached hydrogens (tertiary/aromatic N) is 1. The van der Waals surface area contributed by atoms with Gasteiger partial charge in [-0.1, -0.05) is 17.7 Å². The number of rotatable bonds is 3. The Balaban J connectivity index is 2.36. The van der Waals surface area contributed by atoms with Crippen molar-refractivity contribution in [2.75, 3.05) is 5.32 Å². The minimum Gasteiger partial charge on any atom is -0.508 e. The molecular weight excluding hydrogens is 267 g/mol. The summed E-state index contributed by atoms with van der Waals surface area (Å²) in [4.78, 5) is 0. The molecule has 1 atom stereocenters. The molecule has 0 amide bonds. The highest BCUT2D eigenvalue weighted by molar-refractivity contribution is 5.57. The summed E-state index contributed by atoms with van der Waals surface area (Å²) < 4.78 is 13.8. The Labute approximate surface area is 123 Å². The first kappa shape index (κ1) is 14.9. The number of hydrogen-bond donors (Lipinski definition) is 2. The summed E-state index contributed by atoms with van der Waals surface area (Å²) in [5, 5.41) is 22.0. The van der Waals surface area contributed by atoms with Gasteiger partial charge in [0, 0.05) is 16.8 Å². The molecule has 0 fully saturated rings. The molecule has 2 aromatic carbocycles. The first-order valence-electron chi connectivity index (χ1n) is 6.68. The molecule has 2 rings (SSSR count). The summed E-state index contributed by atoms with van der Waals surface area (Å²) in [6.07, 6.45) is 0. The van der Waals surface area contributed by atoms with Crippen LogP contribution >= 0.6 is 0 Å². The number of benzene rings is 2. The van der Waals surface area contributed by atoms with Gasteiger partial charge >= 0.3 is 0 Å². The van der Waals surface area contributed by atoms with Crippen LogP contribution < -0.4 is 5.32 Å². The van der Waals surface area contributed by atoms with E-state index in [9.17, 15) is 9.50 Å². The Morgan fingerprint density at radius 1 is 1.24 bits per heavy atom. The summed E-state index contributed by atoms with van der Waals surface area (Å²) in [5.41, 5.74) is 3.04. The van der Waals surface area contributed by atoms with E-state index in [4.69, 9.17) is 5.26 Å². The molecule has 0 bridgehead atoms. The van der Waals surface area contributed by atoms with Crippen LogP contribution in [0.4, 0.5) is 10.1 Å². The van der Waals surface area contributed by atoms with Gasteiger partial charge < -0.3 is 10.4 Å². The van der Waals surface area contributed by atoms with Crippen LogP contribution in [0, 0.1) is 31.0 Å². The minimum absolute atomic E-state index is 0.190. The molecule has 0 aromatic heterocycles. The molecule has 0 saturated carbocycles. The Hall–Kier alpha value is -2.54. The van der Waals surface area contributed by atoms with E-state index >= 15 is 0 Å². The first-order valence-corrected chi connectivity index (χ1v) is 6.68. The number of aryl methyl sites for hydroxylation is 1. The third kappa shape index (κ3) is 3.14. The number of phenolic OH excluding ortho intramolecular Hbond substituents is 1. The van der Waals surface area contributed by atoms with Crippen LogP contribution in [0.1, 0.15) is 35.2 Å². The lowest BCUT2D eigenvalue weighted by atomic mass is 10.0. The maximum atomic E-state index is 13.8. The van der Waals surface area contributed by atoms with E-state index in [0.717, 1.165) is 11.1 Å². The molecule has 0 heterocycles. The van der Waals surface area contributed by atoms with Gasteiger partial charge in [-0.05, 0) is 39.0 Å². The van der Waals surface area contributed by atoms with E-state index in [0.29, 0.717) is 11.3 Å². The van der Waals surface area contributed by atoms with Gasteiger partial charge in [-0.15, -0.1) is 0 Å². The molecule has 2 N–H and O–H groups in total. The first-order chi connectivity index (χ1) is 9.92.